The van der Waals surface area contributed by atoms with Crippen LogP contribution in [0.1, 0.15) is 44.9 Å². The third kappa shape index (κ3) is 2.71. The molecule has 0 heterocycles. The fourth-order valence-corrected chi connectivity index (χ4v) is 2.38. The van der Waals surface area contributed by atoms with Crippen LogP contribution in [0, 0.1) is 11.3 Å². The summed E-state index contributed by atoms with van der Waals surface area (Å²) >= 11 is 0. The molecule has 0 radical (unpaired) electrons. The Morgan fingerprint density at radius 1 is 1.14 bits per heavy atom. The first-order valence-corrected chi connectivity index (χ1v) is 6.12. The van der Waals surface area contributed by atoms with Gasteiger partial charge in [-0.3, -0.25) is 0 Å². The highest BCUT2D eigenvalue weighted by Gasteiger charge is 2.41. The van der Waals surface area contributed by atoms with Crippen molar-refractivity contribution in [2.45, 2.75) is 44.9 Å². The highest BCUT2D eigenvalue weighted by molar-refractivity contribution is 4.93. The molecule has 2 N–H and O–H groups in total. The Morgan fingerprint density at radius 3 is 2.43 bits per heavy atom. The van der Waals surface area contributed by atoms with Gasteiger partial charge in [0.1, 0.15) is 0 Å². The maximum Gasteiger partial charge on any atom is 0.0534 e. The van der Waals surface area contributed by atoms with Crippen molar-refractivity contribution in [3.63, 3.8) is 0 Å². The lowest BCUT2D eigenvalue weighted by molar-refractivity contribution is 0.0554. The molecule has 0 amide bonds. The molecule has 0 saturated heterocycles. The van der Waals surface area contributed by atoms with Gasteiger partial charge >= 0.3 is 0 Å². The van der Waals surface area contributed by atoms with Gasteiger partial charge in [-0.1, -0.05) is 19.3 Å². The first-order valence-electron chi connectivity index (χ1n) is 6.12. The Labute approximate surface area is 87.2 Å². The lowest BCUT2D eigenvalue weighted by atomic mass is 9.90. The topological polar surface area (TPSA) is 35.2 Å². The van der Waals surface area contributed by atoms with Gasteiger partial charge in [-0.05, 0) is 31.6 Å². The predicted molar refractivity (Wildman–Crippen MR) is 58.1 cm³/mol. The summed E-state index contributed by atoms with van der Waals surface area (Å²) in [6, 6.07) is 0. The fourth-order valence-electron chi connectivity index (χ4n) is 2.38. The second-order valence-corrected chi connectivity index (χ2v) is 5.22. The molecule has 2 heteroatoms. The van der Waals surface area contributed by atoms with Crippen LogP contribution in [0.4, 0.5) is 0 Å². The predicted octanol–water partition coefficient (Wildman–Crippen LogP) is 2.32. The molecule has 0 atom stereocenters. The van der Waals surface area contributed by atoms with Crippen LogP contribution in [0.15, 0.2) is 0 Å². The van der Waals surface area contributed by atoms with Gasteiger partial charge in [0.2, 0.25) is 0 Å². The molecule has 0 aromatic carbocycles. The summed E-state index contributed by atoms with van der Waals surface area (Å²) in [5, 5.41) is 0. The minimum atomic E-state index is 0.397. The van der Waals surface area contributed by atoms with Crippen molar-refractivity contribution in [1.82, 2.24) is 0 Å². The second-order valence-electron chi connectivity index (χ2n) is 5.22. The Hall–Kier alpha value is -0.0800. The maximum absolute atomic E-state index is 5.81. The smallest absolute Gasteiger partial charge is 0.0534 e. The molecule has 0 bridgehead atoms. The van der Waals surface area contributed by atoms with Gasteiger partial charge in [-0.15, -0.1) is 0 Å². The van der Waals surface area contributed by atoms with Crippen LogP contribution in [0.25, 0.3) is 0 Å². The summed E-state index contributed by atoms with van der Waals surface area (Å²) in [6.45, 7) is 2.72. The van der Waals surface area contributed by atoms with Crippen molar-refractivity contribution in [2.75, 3.05) is 19.8 Å². The largest absolute Gasteiger partial charge is 0.381 e. The summed E-state index contributed by atoms with van der Waals surface area (Å²) in [6.07, 6.45) is 9.60. The standard InChI is InChI=1S/C12H23NO/c13-9-12(6-7-12)10-14-8-11-4-2-1-3-5-11/h11H,1-10,13H2. The van der Waals surface area contributed by atoms with E-state index >= 15 is 0 Å². The lowest BCUT2D eigenvalue weighted by Gasteiger charge is -2.22. The number of nitrogens with two attached hydrogens (primary N) is 1. The van der Waals surface area contributed by atoms with Crippen molar-refractivity contribution in [3.8, 4) is 0 Å². The zero-order chi connectivity index (χ0) is 9.86. The molecule has 2 fully saturated rings. The van der Waals surface area contributed by atoms with E-state index in [2.05, 4.69) is 0 Å². The summed E-state index contributed by atoms with van der Waals surface area (Å²) in [5.41, 5.74) is 6.11. The molecular weight excluding hydrogens is 174 g/mol. The molecule has 14 heavy (non-hydrogen) atoms. The van der Waals surface area contributed by atoms with E-state index in [0.29, 0.717) is 5.41 Å². The summed E-state index contributed by atoms with van der Waals surface area (Å²) < 4.78 is 5.81. The number of hydrogen-bond acceptors (Lipinski definition) is 2. The third-order valence-corrected chi connectivity index (χ3v) is 3.88. The van der Waals surface area contributed by atoms with Crippen LogP contribution in [0.5, 0.6) is 0 Å². The van der Waals surface area contributed by atoms with Crippen LogP contribution in [-0.2, 0) is 4.74 Å². The van der Waals surface area contributed by atoms with Crippen LogP contribution < -0.4 is 5.73 Å². The van der Waals surface area contributed by atoms with E-state index in [4.69, 9.17) is 10.5 Å². The Balaban J connectivity index is 1.58. The third-order valence-electron chi connectivity index (χ3n) is 3.88. The average molecular weight is 197 g/mol. The normalized spacial score (nSPS) is 26.4. The van der Waals surface area contributed by atoms with Gasteiger partial charge in [0.25, 0.3) is 0 Å². The highest BCUT2D eigenvalue weighted by atomic mass is 16.5. The first kappa shape index (κ1) is 10.4. The Morgan fingerprint density at radius 2 is 1.86 bits per heavy atom. The molecule has 0 unspecified atom stereocenters. The molecule has 2 aliphatic carbocycles. The summed E-state index contributed by atoms with van der Waals surface area (Å²) in [7, 11) is 0. The van der Waals surface area contributed by atoms with E-state index in [1.54, 1.807) is 0 Å². The van der Waals surface area contributed by atoms with E-state index < -0.39 is 0 Å². The molecule has 2 aliphatic rings. The van der Waals surface area contributed by atoms with Gasteiger partial charge in [0.15, 0.2) is 0 Å². The van der Waals surface area contributed by atoms with Crippen molar-refractivity contribution in [3.05, 3.63) is 0 Å². The van der Waals surface area contributed by atoms with Crippen molar-refractivity contribution >= 4 is 0 Å². The monoisotopic (exact) mass is 197 g/mol. The Bertz CT molecular complexity index is 171. The number of rotatable bonds is 5. The molecular formula is C12H23NO. The zero-order valence-electron chi connectivity index (χ0n) is 9.13. The minimum Gasteiger partial charge on any atom is -0.381 e. The zero-order valence-corrected chi connectivity index (χ0v) is 9.13. The van der Waals surface area contributed by atoms with Gasteiger partial charge in [-0.2, -0.15) is 0 Å². The first-order chi connectivity index (χ1) is 6.85. The number of ether oxygens (including phenoxy) is 1. The molecule has 0 aromatic rings. The van der Waals surface area contributed by atoms with E-state index in [-0.39, 0.29) is 0 Å². The molecule has 0 spiro atoms. The SMILES string of the molecule is NCC1(COCC2CCCCC2)CC1. The molecule has 2 saturated carbocycles. The van der Waals surface area contributed by atoms with Crippen LogP contribution in [-0.4, -0.2) is 19.8 Å². The van der Waals surface area contributed by atoms with Gasteiger partial charge in [0.05, 0.1) is 6.61 Å². The molecule has 2 nitrogen and oxygen atoms in total. The maximum atomic E-state index is 5.81. The number of hydrogen-bond donors (Lipinski definition) is 1. The molecule has 0 aromatic heterocycles. The molecule has 0 aliphatic heterocycles. The molecule has 2 rings (SSSR count). The van der Waals surface area contributed by atoms with Crippen LogP contribution in [0.3, 0.4) is 0 Å². The van der Waals surface area contributed by atoms with Gasteiger partial charge < -0.3 is 10.5 Å². The van der Waals surface area contributed by atoms with Crippen molar-refractivity contribution < 1.29 is 4.74 Å². The van der Waals surface area contributed by atoms with Gasteiger partial charge in [-0.25, -0.2) is 0 Å². The van der Waals surface area contributed by atoms with Crippen LogP contribution in [0.2, 0.25) is 0 Å². The average Bonchev–Trinajstić information content (AvgIpc) is 3.00. The fraction of sp³-hybridized carbons (Fsp3) is 1.00. The lowest BCUT2D eigenvalue weighted by Crippen LogP contribution is -2.23. The minimum absolute atomic E-state index is 0.397. The van der Waals surface area contributed by atoms with Gasteiger partial charge in [0, 0.05) is 18.6 Å². The van der Waals surface area contributed by atoms with Crippen molar-refractivity contribution in [1.29, 1.82) is 0 Å². The van der Waals surface area contributed by atoms with E-state index in [1.807, 2.05) is 0 Å². The second kappa shape index (κ2) is 4.63. The summed E-state index contributed by atoms with van der Waals surface area (Å²) in [5.74, 6) is 0.845. The summed E-state index contributed by atoms with van der Waals surface area (Å²) in [4.78, 5) is 0. The van der Waals surface area contributed by atoms with E-state index in [1.165, 1.54) is 44.9 Å². The molecule has 82 valence electrons. The van der Waals surface area contributed by atoms with E-state index in [9.17, 15) is 0 Å². The quantitative estimate of drug-likeness (QED) is 0.734. The highest BCUT2D eigenvalue weighted by Crippen LogP contribution is 2.44. The van der Waals surface area contributed by atoms with Crippen molar-refractivity contribution in [2.24, 2.45) is 17.1 Å². The Kier molecular flexibility index (Phi) is 3.45. The van der Waals surface area contributed by atoms with E-state index in [0.717, 1.165) is 25.7 Å². The van der Waals surface area contributed by atoms with Crippen LogP contribution >= 0.6 is 0 Å².